The van der Waals surface area contributed by atoms with Crippen molar-refractivity contribution in [1.82, 2.24) is 0 Å². The molecule has 4 nitrogen and oxygen atoms in total. The van der Waals surface area contributed by atoms with Crippen LogP contribution in [0, 0.1) is 11.8 Å². The number of benzene rings is 2. The molecule has 0 bridgehead atoms. The Morgan fingerprint density at radius 1 is 0.545 bits per heavy atom. The molecule has 13 heteroatoms. The summed E-state index contributed by atoms with van der Waals surface area (Å²) in [6.45, 7) is 9.07. The second kappa shape index (κ2) is 12.6. The van der Waals surface area contributed by atoms with Gasteiger partial charge in [0.2, 0.25) is 9.84 Å². The molecule has 0 saturated heterocycles. The maximum absolute atomic E-state index is 14.0. The summed E-state index contributed by atoms with van der Waals surface area (Å²) in [7, 11) is -4.07. The Balaban J connectivity index is 2.78. The first-order valence-electron chi connectivity index (χ1n) is 9.36. The van der Waals surface area contributed by atoms with Gasteiger partial charge in [0.1, 0.15) is 21.3 Å². The summed E-state index contributed by atoms with van der Waals surface area (Å²) >= 11 is 27.8. The molecule has 0 spiro atoms. The highest BCUT2D eigenvalue weighted by Crippen LogP contribution is 2.54. The van der Waals surface area contributed by atoms with Gasteiger partial charge in [0.25, 0.3) is 0 Å². The highest BCUT2D eigenvalue weighted by molar-refractivity contribution is 9.14. The normalized spacial score (nSPS) is 12.1. The highest BCUT2D eigenvalue weighted by Gasteiger charge is 2.35. The average molecular weight is 994 g/mol. The van der Waals surface area contributed by atoms with Crippen molar-refractivity contribution in [3.8, 4) is 11.5 Å². The first-order valence-corrected chi connectivity index (χ1v) is 17.2. The molecule has 0 atom stereocenters. The number of ether oxygens (including phenoxy) is 2. The molecular formula is C20H18Br8O4S. The molecule has 0 aliphatic heterocycles. The van der Waals surface area contributed by atoms with Crippen LogP contribution in [0.2, 0.25) is 0 Å². The predicted molar refractivity (Wildman–Crippen MR) is 161 cm³/mol. The quantitative estimate of drug-likeness (QED) is 0.247. The first kappa shape index (κ1) is 31.1. The van der Waals surface area contributed by atoms with E-state index in [4.69, 9.17) is 9.47 Å². The van der Waals surface area contributed by atoms with Crippen LogP contribution in [0.3, 0.4) is 0 Å². The van der Waals surface area contributed by atoms with Crippen LogP contribution in [0.1, 0.15) is 27.7 Å². The fourth-order valence-electron chi connectivity index (χ4n) is 2.51. The van der Waals surface area contributed by atoms with Crippen molar-refractivity contribution in [2.75, 3.05) is 13.2 Å². The number of hydrogen-bond acceptors (Lipinski definition) is 4. The van der Waals surface area contributed by atoms with Crippen LogP contribution >= 0.6 is 127 Å². The topological polar surface area (TPSA) is 52.6 Å². The van der Waals surface area contributed by atoms with Crippen molar-refractivity contribution in [2.45, 2.75) is 37.5 Å². The Labute approximate surface area is 261 Å². The van der Waals surface area contributed by atoms with Gasteiger partial charge in [-0.05, 0) is 139 Å². The molecule has 0 saturated carbocycles. The van der Waals surface area contributed by atoms with E-state index in [0.29, 0.717) is 72.3 Å². The SMILES string of the molecule is CC(C)COc1c(Br)c(Br)c(S(=O)(=O)c2c(Br)c(Br)c(OCC(C)C)c(Br)c2Br)c(Br)c1Br. The largest absolute Gasteiger partial charge is 0.491 e. The zero-order valence-electron chi connectivity index (χ0n) is 17.6. The Hall–Kier alpha value is 1.83. The summed E-state index contributed by atoms with van der Waals surface area (Å²) in [4.78, 5) is 0.0726. The number of hydrogen-bond donors (Lipinski definition) is 0. The van der Waals surface area contributed by atoms with E-state index in [9.17, 15) is 8.42 Å². The van der Waals surface area contributed by atoms with Gasteiger partial charge in [0.05, 0.1) is 49.0 Å². The molecule has 0 unspecified atom stereocenters. The predicted octanol–water partition coefficient (Wildman–Crippen LogP) is 10.7. The smallest absolute Gasteiger partial charge is 0.211 e. The van der Waals surface area contributed by atoms with Crippen molar-refractivity contribution >= 4 is 137 Å². The molecule has 0 aromatic heterocycles. The molecule has 0 N–H and O–H groups in total. The van der Waals surface area contributed by atoms with Crippen LogP contribution in [0.15, 0.2) is 45.6 Å². The van der Waals surface area contributed by atoms with Gasteiger partial charge in [-0.15, -0.1) is 0 Å². The molecule has 2 rings (SSSR count). The van der Waals surface area contributed by atoms with Gasteiger partial charge >= 0.3 is 0 Å². The summed E-state index contributed by atoms with van der Waals surface area (Å²) < 4.78 is 43.1. The monoisotopic (exact) mass is 985 g/mol. The van der Waals surface area contributed by atoms with Gasteiger partial charge in [-0.1, -0.05) is 27.7 Å². The van der Waals surface area contributed by atoms with Crippen LogP contribution in [-0.4, -0.2) is 21.6 Å². The lowest BCUT2D eigenvalue weighted by molar-refractivity contribution is 0.267. The van der Waals surface area contributed by atoms with Crippen molar-refractivity contribution in [1.29, 1.82) is 0 Å². The van der Waals surface area contributed by atoms with E-state index < -0.39 is 9.84 Å². The molecule has 0 aliphatic carbocycles. The van der Waals surface area contributed by atoms with Crippen molar-refractivity contribution in [3.05, 3.63) is 35.8 Å². The molecule has 0 amide bonds. The van der Waals surface area contributed by atoms with Crippen molar-refractivity contribution in [2.24, 2.45) is 11.8 Å². The van der Waals surface area contributed by atoms with Gasteiger partial charge in [-0.2, -0.15) is 0 Å². The minimum Gasteiger partial charge on any atom is -0.491 e. The van der Waals surface area contributed by atoms with Crippen molar-refractivity contribution in [3.63, 3.8) is 0 Å². The molecule has 0 radical (unpaired) electrons. The zero-order chi connectivity index (χ0) is 25.4. The van der Waals surface area contributed by atoms with E-state index in [1.807, 2.05) is 27.7 Å². The molecule has 2 aromatic carbocycles. The van der Waals surface area contributed by atoms with E-state index in [1.165, 1.54) is 0 Å². The summed E-state index contributed by atoms with van der Waals surface area (Å²) in [5.41, 5.74) is 0. The Kier molecular flexibility index (Phi) is 11.8. The van der Waals surface area contributed by atoms with Gasteiger partial charge in [0, 0.05) is 0 Å². The minimum absolute atomic E-state index is 0.0363. The van der Waals surface area contributed by atoms with Crippen LogP contribution < -0.4 is 9.47 Å². The van der Waals surface area contributed by atoms with Crippen LogP contribution in [0.5, 0.6) is 11.5 Å². The fourth-order valence-corrected chi connectivity index (χ4v) is 11.8. The van der Waals surface area contributed by atoms with E-state index in [2.05, 4.69) is 127 Å². The molecule has 0 heterocycles. The Morgan fingerprint density at radius 2 is 0.788 bits per heavy atom. The average Bonchev–Trinajstić information content (AvgIpc) is 2.70. The van der Waals surface area contributed by atoms with Gasteiger partial charge in [0.15, 0.2) is 0 Å². The Morgan fingerprint density at radius 3 is 1.00 bits per heavy atom. The molecular weight excluding hydrogens is 976 g/mol. The Bertz CT molecular complexity index is 1040. The van der Waals surface area contributed by atoms with E-state index in [-0.39, 0.29) is 9.79 Å². The number of rotatable bonds is 8. The molecule has 33 heavy (non-hydrogen) atoms. The van der Waals surface area contributed by atoms with Crippen molar-refractivity contribution < 1.29 is 17.9 Å². The third-order valence-corrected chi connectivity index (χ3v) is 15.3. The lowest BCUT2D eigenvalue weighted by atomic mass is 10.2. The number of sulfone groups is 1. The van der Waals surface area contributed by atoms with E-state index in [0.717, 1.165) is 0 Å². The molecule has 0 fully saturated rings. The minimum atomic E-state index is -4.07. The third kappa shape index (κ3) is 6.64. The summed E-state index contributed by atoms with van der Waals surface area (Å²) in [6.07, 6.45) is 0. The molecule has 0 aliphatic rings. The summed E-state index contributed by atoms with van der Waals surface area (Å²) in [5, 5.41) is 0. The van der Waals surface area contributed by atoms with Crippen LogP contribution in [-0.2, 0) is 9.84 Å². The first-order chi connectivity index (χ1) is 15.1. The summed E-state index contributed by atoms with van der Waals surface area (Å²) in [5.74, 6) is 1.59. The second-order valence-corrected chi connectivity index (χ2v) is 15.9. The standard InChI is InChI=1S/C20H18Br8O4S/c1-7(2)5-31-17-9(21)13(25)19(14(26)10(17)22)33(29,30)20-15(27)11(23)18(12(24)16(20)28)32-6-8(3)4/h7-8H,5-6H2,1-4H3. The van der Waals surface area contributed by atoms with Gasteiger partial charge in [-0.25, -0.2) is 8.42 Å². The maximum Gasteiger partial charge on any atom is 0.211 e. The lowest BCUT2D eigenvalue weighted by Gasteiger charge is -2.21. The third-order valence-electron chi connectivity index (χ3n) is 4.03. The van der Waals surface area contributed by atoms with E-state index in [1.54, 1.807) is 0 Å². The second-order valence-electron chi connectivity index (χ2n) is 7.74. The van der Waals surface area contributed by atoms with E-state index >= 15 is 0 Å². The zero-order valence-corrected chi connectivity index (χ0v) is 31.1. The fraction of sp³-hybridized carbons (Fsp3) is 0.400. The summed E-state index contributed by atoms with van der Waals surface area (Å²) in [6, 6.07) is 0. The maximum atomic E-state index is 14.0. The highest BCUT2D eigenvalue weighted by atomic mass is 79.9. The molecule has 184 valence electrons. The van der Waals surface area contributed by atoms with Crippen LogP contribution in [0.4, 0.5) is 0 Å². The lowest BCUT2D eigenvalue weighted by Crippen LogP contribution is -2.11. The van der Waals surface area contributed by atoms with Gasteiger partial charge in [-0.3, -0.25) is 0 Å². The van der Waals surface area contributed by atoms with Crippen LogP contribution in [0.25, 0.3) is 0 Å². The number of halogens is 8. The van der Waals surface area contributed by atoms with Gasteiger partial charge < -0.3 is 9.47 Å². The molecule has 2 aromatic rings.